The second-order valence-electron chi connectivity index (χ2n) is 5.95. The van der Waals surface area contributed by atoms with Gasteiger partial charge in [0.1, 0.15) is 0 Å². The molecule has 0 aromatic carbocycles. The fourth-order valence-corrected chi connectivity index (χ4v) is 3.05. The number of hydrogen-bond acceptors (Lipinski definition) is 2. The number of rotatable bonds is 3. The van der Waals surface area contributed by atoms with E-state index in [1.807, 2.05) is 0 Å². The lowest BCUT2D eigenvalue weighted by Crippen LogP contribution is -2.39. The smallest absolute Gasteiger partial charge is 0.312 e. The number of urea groups is 1. The number of carbonyl (C=O) groups excluding carboxylic acids is 1. The fourth-order valence-electron chi connectivity index (χ4n) is 3.05. The Kier molecular flexibility index (Phi) is 8.07. The quantitative estimate of drug-likeness (QED) is 0.743. The Labute approximate surface area is 121 Å². The highest BCUT2D eigenvalue weighted by atomic mass is 16.4. The largest absolute Gasteiger partial charge is 0.481 e. The predicted molar refractivity (Wildman–Crippen MR) is 78.4 cm³/mol. The molecule has 1 fully saturated rings. The van der Waals surface area contributed by atoms with Crippen molar-refractivity contribution in [3.63, 3.8) is 0 Å². The van der Waals surface area contributed by atoms with E-state index in [4.69, 9.17) is 10.8 Å². The van der Waals surface area contributed by atoms with Gasteiger partial charge in [-0.15, -0.1) is 0 Å². The lowest BCUT2D eigenvalue weighted by atomic mass is 9.89. The van der Waals surface area contributed by atoms with Gasteiger partial charge in [-0.1, -0.05) is 38.5 Å². The van der Waals surface area contributed by atoms with Crippen LogP contribution in [-0.4, -0.2) is 23.1 Å². The molecule has 1 aliphatic rings. The van der Waals surface area contributed by atoms with Crippen LogP contribution in [0.2, 0.25) is 0 Å². The highest BCUT2D eigenvalue weighted by molar-refractivity contribution is 5.71. The molecule has 0 bridgehead atoms. The lowest BCUT2D eigenvalue weighted by Gasteiger charge is -2.22. The van der Waals surface area contributed by atoms with Crippen LogP contribution >= 0.6 is 0 Å². The van der Waals surface area contributed by atoms with E-state index in [-0.39, 0.29) is 18.4 Å². The van der Waals surface area contributed by atoms with E-state index in [0.717, 1.165) is 38.5 Å². The fraction of sp³-hybridized carbons (Fsp3) is 0.867. The van der Waals surface area contributed by atoms with Crippen molar-refractivity contribution in [2.75, 3.05) is 0 Å². The van der Waals surface area contributed by atoms with Crippen molar-refractivity contribution >= 4 is 12.0 Å². The van der Waals surface area contributed by atoms with E-state index in [2.05, 4.69) is 5.32 Å². The van der Waals surface area contributed by atoms with Crippen molar-refractivity contribution in [3.8, 4) is 0 Å². The molecule has 20 heavy (non-hydrogen) atoms. The molecule has 0 heterocycles. The van der Waals surface area contributed by atoms with Crippen LogP contribution in [-0.2, 0) is 4.79 Å². The maximum atomic E-state index is 11.0. The Morgan fingerprint density at radius 1 is 0.950 bits per heavy atom. The number of hydrogen-bond donors (Lipinski definition) is 3. The van der Waals surface area contributed by atoms with Gasteiger partial charge < -0.3 is 16.2 Å². The number of amides is 2. The second-order valence-corrected chi connectivity index (χ2v) is 5.95. The van der Waals surface area contributed by atoms with Gasteiger partial charge >= 0.3 is 12.0 Å². The van der Waals surface area contributed by atoms with Gasteiger partial charge in [0.25, 0.3) is 0 Å². The molecule has 5 nitrogen and oxygen atoms in total. The van der Waals surface area contributed by atoms with Crippen LogP contribution in [0.5, 0.6) is 0 Å². The van der Waals surface area contributed by atoms with Crippen molar-refractivity contribution in [2.24, 2.45) is 11.7 Å². The summed E-state index contributed by atoms with van der Waals surface area (Å²) in [6, 6.07) is -0.375. The topological polar surface area (TPSA) is 92.4 Å². The van der Waals surface area contributed by atoms with E-state index in [0.29, 0.717) is 0 Å². The van der Waals surface area contributed by atoms with Crippen molar-refractivity contribution in [2.45, 2.75) is 76.7 Å². The summed E-state index contributed by atoms with van der Waals surface area (Å²) in [5.74, 6) is -0.495. The molecule has 1 saturated carbocycles. The molecule has 2 atom stereocenters. The number of nitrogens with one attached hydrogen (secondary N) is 1. The minimum atomic E-state index is -0.721. The Balaban J connectivity index is 2.52. The molecule has 1 rings (SSSR count). The van der Waals surface area contributed by atoms with E-state index in [1.54, 1.807) is 0 Å². The lowest BCUT2D eigenvalue weighted by molar-refractivity contribution is -0.138. The van der Waals surface area contributed by atoms with E-state index in [9.17, 15) is 9.59 Å². The standard InChI is InChI=1S/C15H28N2O3/c16-15(20)17-13-8-6-4-2-1-3-5-7-12(9-10-13)11-14(18)19/h12-13H,1-11H2,(H,18,19)(H3,16,17,20). The summed E-state index contributed by atoms with van der Waals surface area (Å²) in [5.41, 5.74) is 5.21. The first-order valence-corrected chi connectivity index (χ1v) is 7.85. The highest BCUT2D eigenvalue weighted by Crippen LogP contribution is 2.23. The number of carbonyl (C=O) groups is 2. The zero-order valence-corrected chi connectivity index (χ0v) is 12.3. The third-order valence-electron chi connectivity index (χ3n) is 4.15. The van der Waals surface area contributed by atoms with E-state index in [1.165, 1.54) is 25.7 Å². The maximum Gasteiger partial charge on any atom is 0.312 e. The van der Waals surface area contributed by atoms with Crippen LogP contribution < -0.4 is 11.1 Å². The minimum Gasteiger partial charge on any atom is -0.481 e. The van der Waals surface area contributed by atoms with Gasteiger partial charge in [-0.05, 0) is 31.6 Å². The number of aliphatic carboxylic acids is 1. The Morgan fingerprint density at radius 3 is 2.15 bits per heavy atom. The first kappa shape index (κ1) is 16.8. The average molecular weight is 284 g/mol. The molecule has 0 aromatic heterocycles. The van der Waals surface area contributed by atoms with E-state index < -0.39 is 12.0 Å². The monoisotopic (exact) mass is 284 g/mol. The number of nitrogens with two attached hydrogens (primary N) is 1. The Bertz CT molecular complexity index is 277. The number of carboxylic acids is 1. The molecule has 116 valence electrons. The van der Waals surface area contributed by atoms with E-state index >= 15 is 0 Å². The van der Waals surface area contributed by atoms with Gasteiger partial charge in [-0.2, -0.15) is 0 Å². The molecule has 0 aliphatic heterocycles. The zero-order chi connectivity index (χ0) is 14.8. The summed E-state index contributed by atoms with van der Waals surface area (Å²) < 4.78 is 0. The van der Waals surface area contributed by atoms with Gasteiger partial charge in [0.05, 0.1) is 0 Å². The van der Waals surface area contributed by atoms with Gasteiger partial charge in [0, 0.05) is 12.5 Å². The van der Waals surface area contributed by atoms with Crippen LogP contribution in [0, 0.1) is 5.92 Å². The second kappa shape index (κ2) is 9.61. The third-order valence-corrected chi connectivity index (χ3v) is 4.15. The molecular formula is C15H28N2O3. The van der Waals surface area contributed by atoms with Crippen molar-refractivity contribution in [1.82, 2.24) is 5.32 Å². The molecule has 5 heteroatoms. The first-order valence-electron chi connectivity index (χ1n) is 7.85. The summed E-state index contributed by atoms with van der Waals surface area (Å²) in [6.45, 7) is 0. The summed E-state index contributed by atoms with van der Waals surface area (Å²) in [6.07, 6.45) is 11.0. The van der Waals surface area contributed by atoms with Gasteiger partial charge in [-0.25, -0.2) is 4.79 Å². The van der Waals surface area contributed by atoms with Gasteiger partial charge in [0.15, 0.2) is 0 Å². The summed E-state index contributed by atoms with van der Waals surface area (Å²) >= 11 is 0. The predicted octanol–water partition coefficient (Wildman–Crippen LogP) is 3.03. The molecule has 2 amide bonds. The normalized spacial score (nSPS) is 26.0. The van der Waals surface area contributed by atoms with Gasteiger partial charge in [0.2, 0.25) is 0 Å². The molecule has 4 N–H and O–H groups in total. The van der Waals surface area contributed by atoms with Crippen LogP contribution in [0.15, 0.2) is 0 Å². The maximum absolute atomic E-state index is 11.0. The van der Waals surface area contributed by atoms with Crippen LogP contribution in [0.4, 0.5) is 4.79 Å². The average Bonchev–Trinajstić information content (AvgIpc) is 2.34. The van der Waals surface area contributed by atoms with Crippen LogP contribution in [0.25, 0.3) is 0 Å². The Morgan fingerprint density at radius 2 is 1.55 bits per heavy atom. The van der Waals surface area contributed by atoms with Crippen LogP contribution in [0.3, 0.4) is 0 Å². The molecular weight excluding hydrogens is 256 g/mol. The van der Waals surface area contributed by atoms with Crippen molar-refractivity contribution < 1.29 is 14.7 Å². The summed E-state index contributed by atoms with van der Waals surface area (Å²) in [7, 11) is 0. The molecule has 0 radical (unpaired) electrons. The molecule has 0 saturated heterocycles. The number of primary amides is 1. The Hall–Kier alpha value is -1.26. The first-order chi connectivity index (χ1) is 9.58. The van der Waals surface area contributed by atoms with Crippen molar-refractivity contribution in [1.29, 1.82) is 0 Å². The summed E-state index contributed by atoms with van der Waals surface area (Å²) in [5, 5.41) is 11.8. The van der Waals surface area contributed by atoms with Crippen molar-refractivity contribution in [3.05, 3.63) is 0 Å². The third kappa shape index (κ3) is 8.02. The molecule has 0 spiro atoms. The summed E-state index contributed by atoms with van der Waals surface area (Å²) in [4.78, 5) is 21.9. The molecule has 1 aliphatic carbocycles. The zero-order valence-electron chi connectivity index (χ0n) is 12.3. The highest BCUT2D eigenvalue weighted by Gasteiger charge is 2.17. The minimum absolute atomic E-state index is 0.100. The van der Waals surface area contributed by atoms with Gasteiger partial charge in [-0.3, -0.25) is 4.79 Å². The van der Waals surface area contributed by atoms with Crippen LogP contribution in [0.1, 0.15) is 70.6 Å². The SMILES string of the molecule is NC(=O)NC1CCCCCCCCC(CC(=O)O)CC1. The molecule has 2 unspecified atom stereocenters. The number of carboxylic acid groups (broad SMARTS) is 1. The molecule has 0 aromatic rings.